The van der Waals surface area contributed by atoms with Gasteiger partial charge in [-0.05, 0) is 30.9 Å². The first kappa shape index (κ1) is 11.3. The van der Waals surface area contributed by atoms with Crippen molar-refractivity contribution in [1.29, 1.82) is 0 Å². The van der Waals surface area contributed by atoms with Crippen molar-refractivity contribution in [3.63, 3.8) is 0 Å². The zero-order chi connectivity index (χ0) is 12.5. The van der Waals surface area contributed by atoms with Gasteiger partial charge in [0.1, 0.15) is 5.75 Å². The van der Waals surface area contributed by atoms with Crippen LogP contribution >= 0.6 is 0 Å². The lowest BCUT2D eigenvalue weighted by atomic mass is 9.90. The number of hydrogen-bond donors (Lipinski definition) is 0. The lowest BCUT2D eigenvalue weighted by Gasteiger charge is -2.25. The van der Waals surface area contributed by atoms with Crippen molar-refractivity contribution in [3.8, 4) is 11.6 Å². The van der Waals surface area contributed by atoms with Crippen molar-refractivity contribution in [3.05, 3.63) is 23.9 Å². The zero-order valence-electron chi connectivity index (χ0n) is 10.6. The van der Waals surface area contributed by atoms with E-state index in [2.05, 4.69) is 16.9 Å². The quantitative estimate of drug-likeness (QED) is 0.814. The van der Waals surface area contributed by atoms with Crippen LogP contribution in [-0.2, 0) is 0 Å². The molecule has 1 atom stereocenters. The molecule has 0 aliphatic carbocycles. The van der Waals surface area contributed by atoms with Gasteiger partial charge in [-0.1, -0.05) is 6.92 Å². The zero-order valence-corrected chi connectivity index (χ0v) is 10.6. The minimum atomic E-state index is 0.499. The molecule has 4 heteroatoms. The van der Waals surface area contributed by atoms with E-state index in [-0.39, 0.29) is 0 Å². The molecule has 0 saturated carbocycles. The monoisotopic (exact) mass is 244 g/mol. The molecule has 94 valence electrons. The van der Waals surface area contributed by atoms with Crippen LogP contribution in [0, 0.1) is 0 Å². The third kappa shape index (κ3) is 1.68. The van der Waals surface area contributed by atoms with Crippen LogP contribution in [0.1, 0.15) is 31.2 Å². The van der Waals surface area contributed by atoms with E-state index in [9.17, 15) is 0 Å². The molecule has 0 N–H and O–H groups in total. The fourth-order valence-electron chi connectivity index (χ4n) is 2.55. The SMILES string of the molecule is CCC1CCOc2ccc3ncc(OC)nc3c21. The molecular formula is C14H16N2O2. The van der Waals surface area contributed by atoms with E-state index in [1.807, 2.05) is 12.1 Å². The molecule has 3 rings (SSSR count). The number of benzene rings is 1. The summed E-state index contributed by atoms with van der Waals surface area (Å²) in [6.45, 7) is 2.99. The van der Waals surface area contributed by atoms with Gasteiger partial charge in [0, 0.05) is 5.56 Å². The lowest BCUT2D eigenvalue weighted by molar-refractivity contribution is 0.266. The molecule has 0 fully saturated rings. The Morgan fingerprint density at radius 2 is 2.33 bits per heavy atom. The van der Waals surface area contributed by atoms with E-state index in [1.165, 1.54) is 5.56 Å². The Morgan fingerprint density at radius 1 is 1.44 bits per heavy atom. The van der Waals surface area contributed by atoms with E-state index in [0.29, 0.717) is 11.8 Å². The molecule has 2 heterocycles. The summed E-state index contributed by atoms with van der Waals surface area (Å²) in [4.78, 5) is 8.93. The van der Waals surface area contributed by atoms with Gasteiger partial charge in [-0.15, -0.1) is 0 Å². The largest absolute Gasteiger partial charge is 0.493 e. The number of hydrogen-bond acceptors (Lipinski definition) is 4. The summed E-state index contributed by atoms with van der Waals surface area (Å²) in [6.07, 6.45) is 3.79. The van der Waals surface area contributed by atoms with Crippen LogP contribution in [0.15, 0.2) is 18.3 Å². The minimum absolute atomic E-state index is 0.499. The van der Waals surface area contributed by atoms with Crippen LogP contribution in [-0.4, -0.2) is 23.7 Å². The molecule has 1 unspecified atom stereocenters. The molecule has 0 radical (unpaired) electrons. The van der Waals surface area contributed by atoms with Gasteiger partial charge in [-0.2, -0.15) is 0 Å². The van der Waals surface area contributed by atoms with Crippen LogP contribution in [0.5, 0.6) is 11.6 Å². The second-order valence-electron chi connectivity index (χ2n) is 4.50. The number of fused-ring (bicyclic) bond motifs is 3. The second kappa shape index (κ2) is 4.44. The molecule has 1 aliphatic rings. The van der Waals surface area contributed by atoms with Crippen molar-refractivity contribution >= 4 is 11.0 Å². The number of methoxy groups -OCH3 is 1. The van der Waals surface area contributed by atoms with Crippen LogP contribution in [0.25, 0.3) is 11.0 Å². The average Bonchev–Trinajstić information content (AvgIpc) is 2.45. The number of rotatable bonds is 2. The van der Waals surface area contributed by atoms with Gasteiger partial charge in [0.2, 0.25) is 5.88 Å². The molecule has 1 aromatic carbocycles. The van der Waals surface area contributed by atoms with Crippen LogP contribution in [0.3, 0.4) is 0 Å². The van der Waals surface area contributed by atoms with Crippen molar-refractivity contribution in [2.75, 3.05) is 13.7 Å². The molecule has 2 aromatic rings. The Labute approximate surface area is 106 Å². The predicted octanol–water partition coefficient (Wildman–Crippen LogP) is 2.91. The molecule has 18 heavy (non-hydrogen) atoms. The van der Waals surface area contributed by atoms with Crippen LogP contribution < -0.4 is 9.47 Å². The van der Waals surface area contributed by atoms with Gasteiger partial charge in [-0.25, -0.2) is 9.97 Å². The highest BCUT2D eigenvalue weighted by molar-refractivity contribution is 5.81. The van der Waals surface area contributed by atoms with E-state index in [0.717, 1.165) is 36.2 Å². The third-order valence-electron chi connectivity index (χ3n) is 3.53. The van der Waals surface area contributed by atoms with E-state index in [4.69, 9.17) is 9.47 Å². The fraction of sp³-hybridized carbons (Fsp3) is 0.429. The Bertz CT molecular complexity index is 578. The molecule has 1 aromatic heterocycles. The average molecular weight is 244 g/mol. The number of ether oxygens (including phenoxy) is 2. The number of nitrogens with zero attached hydrogens (tertiary/aromatic N) is 2. The van der Waals surface area contributed by atoms with Crippen molar-refractivity contribution in [1.82, 2.24) is 9.97 Å². The van der Waals surface area contributed by atoms with Gasteiger partial charge >= 0.3 is 0 Å². The first-order valence-electron chi connectivity index (χ1n) is 6.30. The normalized spacial score (nSPS) is 18.2. The summed E-state index contributed by atoms with van der Waals surface area (Å²) in [5, 5.41) is 0. The molecule has 0 saturated heterocycles. The first-order valence-corrected chi connectivity index (χ1v) is 6.30. The standard InChI is InChI=1S/C14H16N2O2/c1-3-9-6-7-18-11-5-4-10-14(13(9)11)16-12(17-2)8-15-10/h4-5,8-9H,3,6-7H2,1-2H3. The van der Waals surface area contributed by atoms with Crippen molar-refractivity contribution in [2.24, 2.45) is 0 Å². The Kier molecular flexibility index (Phi) is 2.78. The van der Waals surface area contributed by atoms with Crippen LogP contribution in [0.2, 0.25) is 0 Å². The Hall–Kier alpha value is -1.84. The second-order valence-corrected chi connectivity index (χ2v) is 4.50. The summed E-state index contributed by atoms with van der Waals surface area (Å²) in [7, 11) is 1.61. The van der Waals surface area contributed by atoms with Gasteiger partial charge in [0.25, 0.3) is 0 Å². The van der Waals surface area contributed by atoms with Gasteiger partial charge in [-0.3, -0.25) is 0 Å². The summed E-state index contributed by atoms with van der Waals surface area (Å²) >= 11 is 0. The predicted molar refractivity (Wildman–Crippen MR) is 69.2 cm³/mol. The Morgan fingerprint density at radius 3 is 3.11 bits per heavy atom. The molecule has 0 amide bonds. The van der Waals surface area contributed by atoms with E-state index >= 15 is 0 Å². The molecule has 4 nitrogen and oxygen atoms in total. The van der Waals surface area contributed by atoms with Crippen molar-refractivity contribution in [2.45, 2.75) is 25.7 Å². The van der Waals surface area contributed by atoms with Gasteiger partial charge in [0.05, 0.1) is 30.9 Å². The van der Waals surface area contributed by atoms with Gasteiger partial charge < -0.3 is 9.47 Å². The van der Waals surface area contributed by atoms with E-state index < -0.39 is 0 Å². The minimum Gasteiger partial charge on any atom is -0.493 e. The molecule has 0 spiro atoms. The topological polar surface area (TPSA) is 44.2 Å². The maximum atomic E-state index is 5.73. The Balaban J connectivity index is 2.27. The highest BCUT2D eigenvalue weighted by Crippen LogP contribution is 2.39. The fourth-order valence-corrected chi connectivity index (χ4v) is 2.55. The van der Waals surface area contributed by atoms with Gasteiger partial charge in [0.15, 0.2) is 0 Å². The molecule has 1 aliphatic heterocycles. The highest BCUT2D eigenvalue weighted by Gasteiger charge is 2.23. The van der Waals surface area contributed by atoms with E-state index in [1.54, 1.807) is 13.3 Å². The third-order valence-corrected chi connectivity index (χ3v) is 3.53. The summed E-state index contributed by atoms with van der Waals surface area (Å²) in [6, 6.07) is 3.96. The van der Waals surface area contributed by atoms with Crippen LogP contribution in [0.4, 0.5) is 0 Å². The lowest BCUT2D eigenvalue weighted by Crippen LogP contribution is -2.14. The maximum absolute atomic E-state index is 5.73. The highest BCUT2D eigenvalue weighted by atomic mass is 16.5. The first-order chi connectivity index (χ1) is 8.83. The summed E-state index contributed by atoms with van der Waals surface area (Å²) in [5.41, 5.74) is 3.00. The molecular weight excluding hydrogens is 228 g/mol. The summed E-state index contributed by atoms with van der Waals surface area (Å²) < 4.78 is 10.9. The maximum Gasteiger partial charge on any atom is 0.232 e. The van der Waals surface area contributed by atoms with Crippen molar-refractivity contribution < 1.29 is 9.47 Å². The number of aromatic nitrogens is 2. The summed E-state index contributed by atoms with van der Waals surface area (Å²) in [5.74, 6) is 2.00. The molecule has 0 bridgehead atoms. The smallest absolute Gasteiger partial charge is 0.232 e.